The first kappa shape index (κ1) is 21.9. The molecule has 0 amide bonds. The lowest BCUT2D eigenvalue weighted by atomic mass is 9.92. The summed E-state index contributed by atoms with van der Waals surface area (Å²) in [4.78, 5) is 15.6. The van der Waals surface area contributed by atoms with Gasteiger partial charge in [-0.1, -0.05) is 17.7 Å². The molecule has 2 fully saturated rings. The standard InChI is InChI=1S/C23H27ClFN7O/c1-13(2)32-23(33-18-6-4-5-17(25)20(18)24)29-22(30-32)28-21-15-7-8-16(21)11-31(10-15)19-9-14(3)26-12-27-19/h4-6,9,12-13,15-16,21H,7-8,10-11H2,1-3H3,(H,28,30)/t15-,16+,21?. The topological polar surface area (TPSA) is 81.0 Å². The van der Waals surface area contributed by atoms with E-state index < -0.39 is 5.82 Å². The Morgan fingerprint density at radius 1 is 1.18 bits per heavy atom. The van der Waals surface area contributed by atoms with E-state index in [-0.39, 0.29) is 28.9 Å². The van der Waals surface area contributed by atoms with Crippen LogP contribution >= 0.6 is 11.6 Å². The quantitative estimate of drug-likeness (QED) is 0.549. The summed E-state index contributed by atoms with van der Waals surface area (Å²) < 4.78 is 21.4. The van der Waals surface area contributed by atoms with Gasteiger partial charge < -0.3 is 15.0 Å². The number of ether oxygens (including phenoxy) is 1. The highest BCUT2D eigenvalue weighted by Crippen LogP contribution is 2.40. The molecular weight excluding hydrogens is 445 g/mol. The van der Waals surface area contributed by atoms with Crippen molar-refractivity contribution in [1.29, 1.82) is 0 Å². The smallest absolute Gasteiger partial charge is 0.322 e. The van der Waals surface area contributed by atoms with Gasteiger partial charge in [0.2, 0.25) is 5.95 Å². The van der Waals surface area contributed by atoms with E-state index in [9.17, 15) is 4.39 Å². The maximum atomic E-state index is 13.8. The van der Waals surface area contributed by atoms with Crippen molar-refractivity contribution in [2.24, 2.45) is 11.8 Å². The Morgan fingerprint density at radius 2 is 1.94 bits per heavy atom. The molecule has 2 aromatic heterocycles. The maximum absolute atomic E-state index is 13.8. The molecule has 8 nitrogen and oxygen atoms in total. The molecule has 1 N–H and O–H groups in total. The lowest BCUT2D eigenvalue weighted by Crippen LogP contribution is -2.48. The highest BCUT2D eigenvalue weighted by molar-refractivity contribution is 6.32. The van der Waals surface area contributed by atoms with E-state index in [1.807, 2.05) is 26.8 Å². The summed E-state index contributed by atoms with van der Waals surface area (Å²) in [6.07, 6.45) is 3.93. The molecule has 3 heterocycles. The minimum Gasteiger partial charge on any atom is -0.423 e. The van der Waals surface area contributed by atoms with Crippen molar-refractivity contribution in [3.8, 4) is 11.8 Å². The van der Waals surface area contributed by atoms with Gasteiger partial charge in [0, 0.05) is 30.9 Å². The van der Waals surface area contributed by atoms with Gasteiger partial charge in [0.15, 0.2) is 5.75 Å². The van der Waals surface area contributed by atoms with Crippen LogP contribution in [0.1, 0.15) is 38.4 Å². The Bertz CT molecular complexity index is 1140. The minimum atomic E-state index is -0.537. The van der Waals surface area contributed by atoms with E-state index in [0.29, 0.717) is 17.8 Å². The Morgan fingerprint density at radius 3 is 2.64 bits per heavy atom. The summed E-state index contributed by atoms with van der Waals surface area (Å²) in [5.74, 6) is 2.11. The summed E-state index contributed by atoms with van der Waals surface area (Å²) >= 11 is 6.07. The second-order valence-electron chi connectivity index (χ2n) is 9.10. The molecule has 5 rings (SSSR count). The SMILES string of the molecule is Cc1cc(N2C[C@H]3CC[C@@H](C2)C3Nc2nc(Oc3cccc(F)c3Cl)n(C(C)C)n2)ncn1. The van der Waals surface area contributed by atoms with Gasteiger partial charge in [-0.25, -0.2) is 19.0 Å². The van der Waals surface area contributed by atoms with Crippen molar-refractivity contribution in [1.82, 2.24) is 24.7 Å². The minimum absolute atomic E-state index is 0.00922. The van der Waals surface area contributed by atoms with Crippen molar-refractivity contribution >= 4 is 23.4 Å². The van der Waals surface area contributed by atoms with Crippen molar-refractivity contribution in [3.63, 3.8) is 0 Å². The third-order valence-electron chi connectivity index (χ3n) is 6.45. The number of benzene rings is 1. The van der Waals surface area contributed by atoms with E-state index in [2.05, 4.69) is 30.3 Å². The number of hydrogen-bond acceptors (Lipinski definition) is 7. The molecule has 1 aromatic carbocycles. The van der Waals surface area contributed by atoms with E-state index >= 15 is 0 Å². The average Bonchev–Trinajstić information content (AvgIpc) is 3.27. The first-order chi connectivity index (χ1) is 15.9. The number of nitrogens with zero attached hydrogens (tertiary/aromatic N) is 6. The number of piperidine rings is 1. The number of rotatable bonds is 6. The average molecular weight is 472 g/mol. The van der Waals surface area contributed by atoms with Crippen LogP contribution < -0.4 is 15.0 Å². The number of nitrogens with one attached hydrogen (secondary N) is 1. The molecule has 10 heteroatoms. The van der Waals surface area contributed by atoms with Crippen LogP contribution in [0.15, 0.2) is 30.6 Å². The zero-order valence-electron chi connectivity index (χ0n) is 18.9. The molecule has 1 unspecified atom stereocenters. The van der Waals surface area contributed by atoms with E-state index in [0.717, 1.165) is 37.4 Å². The highest BCUT2D eigenvalue weighted by Gasteiger charge is 2.43. The van der Waals surface area contributed by atoms with Crippen LogP contribution in [0.3, 0.4) is 0 Å². The van der Waals surface area contributed by atoms with Gasteiger partial charge in [0.25, 0.3) is 0 Å². The fourth-order valence-electron chi connectivity index (χ4n) is 4.85. The Balaban J connectivity index is 1.34. The first-order valence-corrected chi connectivity index (χ1v) is 11.7. The van der Waals surface area contributed by atoms with E-state index in [1.165, 1.54) is 6.07 Å². The maximum Gasteiger partial charge on any atom is 0.322 e. The molecule has 3 atom stereocenters. The lowest BCUT2D eigenvalue weighted by Gasteiger charge is -2.38. The molecule has 3 aromatic rings. The largest absolute Gasteiger partial charge is 0.423 e. The van der Waals surface area contributed by atoms with Gasteiger partial charge in [-0.05, 0) is 57.6 Å². The Kier molecular flexibility index (Phi) is 5.82. The Labute approximate surface area is 197 Å². The molecule has 0 radical (unpaired) electrons. The summed E-state index contributed by atoms with van der Waals surface area (Å²) in [6, 6.07) is 7.06. The summed E-state index contributed by atoms with van der Waals surface area (Å²) in [5.41, 5.74) is 0.974. The lowest BCUT2D eigenvalue weighted by molar-refractivity contribution is 0.373. The number of aromatic nitrogens is 5. The van der Waals surface area contributed by atoms with Gasteiger partial charge in [-0.2, -0.15) is 4.98 Å². The number of halogens is 2. The van der Waals surface area contributed by atoms with Gasteiger partial charge in [-0.15, -0.1) is 5.10 Å². The molecule has 0 spiro atoms. The summed E-state index contributed by atoms with van der Waals surface area (Å²) in [7, 11) is 0. The van der Waals surface area contributed by atoms with Crippen LogP contribution in [-0.2, 0) is 0 Å². The van der Waals surface area contributed by atoms with Gasteiger partial charge in [-0.3, -0.25) is 0 Å². The summed E-state index contributed by atoms with van der Waals surface area (Å²) in [6.45, 7) is 7.83. The number of anilines is 2. The van der Waals surface area contributed by atoms with Crippen LogP contribution in [0.25, 0.3) is 0 Å². The zero-order chi connectivity index (χ0) is 23.1. The normalized spacial score (nSPS) is 22.1. The molecule has 1 saturated heterocycles. The molecule has 174 valence electrons. The van der Waals surface area contributed by atoms with E-state index in [4.69, 9.17) is 16.3 Å². The first-order valence-electron chi connectivity index (χ1n) is 11.3. The second-order valence-corrected chi connectivity index (χ2v) is 9.48. The van der Waals surface area contributed by atoms with Crippen molar-refractivity contribution < 1.29 is 9.13 Å². The predicted molar refractivity (Wildman–Crippen MR) is 124 cm³/mol. The molecule has 2 aliphatic rings. The molecule has 1 saturated carbocycles. The van der Waals surface area contributed by atoms with E-state index in [1.54, 1.807) is 23.1 Å². The third kappa shape index (κ3) is 4.34. The van der Waals surface area contributed by atoms with Crippen LogP contribution in [0.5, 0.6) is 11.8 Å². The fraction of sp³-hybridized carbons (Fsp3) is 0.478. The molecule has 1 aliphatic heterocycles. The molecule has 2 bridgehead atoms. The highest BCUT2D eigenvalue weighted by atomic mass is 35.5. The molecular formula is C23H27ClFN7O. The van der Waals surface area contributed by atoms with Crippen molar-refractivity contribution in [3.05, 3.63) is 47.1 Å². The number of fused-ring (bicyclic) bond motifs is 2. The van der Waals surface area contributed by atoms with Gasteiger partial charge in [0.1, 0.15) is 23.0 Å². The predicted octanol–water partition coefficient (Wildman–Crippen LogP) is 4.87. The second kappa shape index (κ2) is 8.78. The Hall–Kier alpha value is -2.94. The molecule has 1 aliphatic carbocycles. The van der Waals surface area contributed by atoms with Crippen LogP contribution in [0.2, 0.25) is 5.02 Å². The van der Waals surface area contributed by atoms with Crippen LogP contribution in [-0.4, -0.2) is 43.9 Å². The number of aryl methyl sites for hydroxylation is 1. The summed E-state index contributed by atoms with van der Waals surface area (Å²) in [5, 5.41) is 8.13. The van der Waals surface area contributed by atoms with Gasteiger partial charge in [0.05, 0.1) is 6.04 Å². The van der Waals surface area contributed by atoms with Crippen molar-refractivity contribution in [2.75, 3.05) is 23.3 Å². The van der Waals surface area contributed by atoms with Crippen LogP contribution in [0.4, 0.5) is 16.2 Å². The van der Waals surface area contributed by atoms with Crippen LogP contribution in [0, 0.1) is 24.6 Å². The molecule has 33 heavy (non-hydrogen) atoms. The van der Waals surface area contributed by atoms with Gasteiger partial charge >= 0.3 is 6.01 Å². The fourth-order valence-corrected chi connectivity index (χ4v) is 5.01. The third-order valence-corrected chi connectivity index (χ3v) is 6.82. The van der Waals surface area contributed by atoms with Crippen molar-refractivity contribution in [2.45, 2.75) is 45.7 Å². The monoisotopic (exact) mass is 471 g/mol. The zero-order valence-corrected chi connectivity index (χ0v) is 19.6. The number of hydrogen-bond donors (Lipinski definition) is 1.